The Morgan fingerprint density at radius 3 is 2.47 bits per heavy atom. The molecule has 0 radical (unpaired) electrons. The van der Waals surface area contributed by atoms with E-state index in [4.69, 9.17) is 0 Å². The monoisotopic (exact) mass is 246 g/mol. The average Bonchev–Trinajstić information content (AvgIpc) is 2.35. The maximum atomic E-state index is 10.2. The summed E-state index contributed by atoms with van der Waals surface area (Å²) in [6.07, 6.45) is 3.17. The minimum absolute atomic E-state index is 0.471. The lowest BCUT2D eigenvalue weighted by Gasteiger charge is -2.25. The smallest absolute Gasteiger partial charge is 0.128 e. The summed E-state index contributed by atoms with van der Waals surface area (Å²) in [5, 5.41) is 11.5. The molecule has 1 N–H and O–H groups in total. The van der Waals surface area contributed by atoms with Gasteiger partial charge in [0.25, 0.3) is 0 Å². The lowest BCUT2D eigenvalue weighted by molar-refractivity contribution is 0.301. The molecule has 0 aliphatic rings. The summed E-state index contributed by atoms with van der Waals surface area (Å²) in [7, 11) is -1.86. The summed E-state index contributed by atoms with van der Waals surface area (Å²) < 4.78 is 0. The lowest BCUT2D eigenvalue weighted by Crippen LogP contribution is -2.52. The van der Waals surface area contributed by atoms with Crippen LogP contribution < -0.4 is 5.19 Å². The molecule has 1 aromatic carbocycles. The van der Waals surface area contributed by atoms with E-state index in [9.17, 15) is 5.11 Å². The Morgan fingerprint density at radius 2 is 1.88 bits per heavy atom. The summed E-state index contributed by atoms with van der Waals surface area (Å²) in [6, 6.07) is 10.3. The number of benzene rings is 1. The van der Waals surface area contributed by atoms with E-state index in [1.54, 1.807) is 0 Å². The lowest BCUT2D eigenvalue weighted by atomic mass is 10.2. The zero-order valence-electron chi connectivity index (χ0n) is 11.0. The normalized spacial score (nSPS) is 12.7. The molecule has 0 fully saturated rings. The molecule has 92 valence electrons. The topological polar surface area (TPSA) is 20.2 Å². The Balaban J connectivity index is 2.72. The van der Waals surface area contributed by atoms with Gasteiger partial charge in [0.05, 0.1) is 0 Å². The first-order chi connectivity index (χ1) is 8.09. The van der Waals surface area contributed by atoms with Crippen LogP contribution in [-0.2, 0) is 0 Å². The van der Waals surface area contributed by atoms with Crippen molar-refractivity contribution in [1.29, 1.82) is 0 Å². The quantitative estimate of drug-likeness (QED) is 0.492. The van der Waals surface area contributed by atoms with Gasteiger partial charge in [-0.1, -0.05) is 67.9 Å². The molecule has 0 aliphatic heterocycles. The standard InChI is InChI=1S/C15H22OSi/c1-4-5-6-10-13-15(16)17(2,3)14-11-8-7-9-12-14/h7-9,11-12,15-16H,4-6H2,1-3H3. The van der Waals surface area contributed by atoms with Gasteiger partial charge < -0.3 is 5.11 Å². The predicted molar refractivity (Wildman–Crippen MR) is 76.9 cm³/mol. The molecule has 17 heavy (non-hydrogen) atoms. The minimum Gasteiger partial charge on any atom is -0.384 e. The summed E-state index contributed by atoms with van der Waals surface area (Å²) in [5.74, 6) is 6.12. The molecular formula is C15H22OSi. The van der Waals surface area contributed by atoms with Gasteiger partial charge in [0.15, 0.2) is 0 Å². The van der Waals surface area contributed by atoms with Crippen LogP contribution in [0, 0.1) is 11.8 Å². The van der Waals surface area contributed by atoms with Gasteiger partial charge in [0, 0.05) is 6.42 Å². The van der Waals surface area contributed by atoms with E-state index in [0.29, 0.717) is 0 Å². The molecule has 0 amide bonds. The maximum absolute atomic E-state index is 10.2. The second-order valence-corrected chi connectivity index (χ2v) is 9.48. The first kappa shape index (κ1) is 14.0. The van der Waals surface area contributed by atoms with Crippen LogP contribution in [-0.4, -0.2) is 18.9 Å². The fourth-order valence-electron chi connectivity index (χ4n) is 1.64. The summed E-state index contributed by atoms with van der Waals surface area (Å²) >= 11 is 0. The molecule has 0 bridgehead atoms. The van der Waals surface area contributed by atoms with E-state index in [-0.39, 0.29) is 0 Å². The van der Waals surface area contributed by atoms with Crippen LogP contribution in [0.15, 0.2) is 30.3 Å². The largest absolute Gasteiger partial charge is 0.384 e. The SMILES string of the molecule is CCCCC#CC(O)[Si](C)(C)c1ccccc1. The molecule has 0 aromatic heterocycles. The fraction of sp³-hybridized carbons (Fsp3) is 0.467. The second kappa shape index (κ2) is 6.63. The van der Waals surface area contributed by atoms with Crippen molar-refractivity contribution in [3.05, 3.63) is 30.3 Å². The van der Waals surface area contributed by atoms with Crippen LogP contribution in [0.4, 0.5) is 0 Å². The van der Waals surface area contributed by atoms with Crippen molar-refractivity contribution in [3.63, 3.8) is 0 Å². The van der Waals surface area contributed by atoms with Crippen LogP contribution in [0.25, 0.3) is 0 Å². The van der Waals surface area contributed by atoms with Gasteiger partial charge in [-0.05, 0) is 6.42 Å². The minimum atomic E-state index is -1.86. The fourth-order valence-corrected chi connectivity index (χ4v) is 3.47. The van der Waals surface area contributed by atoms with E-state index in [1.165, 1.54) is 5.19 Å². The molecule has 0 spiro atoms. The van der Waals surface area contributed by atoms with Crippen molar-refractivity contribution in [1.82, 2.24) is 0 Å². The molecule has 0 aliphatic carbocycles. The van der Waals surface area contributed by atoms with Gasteiger partial charge >= 0.3 is 0 Å². The molecular weight excluding hydrogens is 224 g/mol. The molecule has 1 atom stereocenters. The van der Waals surface area contributed by atoms with E-state index in [1.807, 2.05) is 18.2 Å². The number of rotatable bonds is 4. The highest BCUT2D eigenvalue weighted by Crippen LogP contribution is 2.08. The van der Waals surface area contributed by atoms with Crippen molar-refractivity contribution >= 4 is 13.3 Å². The van der Waals surface area contributed by atoms with Gasteiger partial charge in [-0.25, -0.2) is 0 Å². The van der Waals surface area contributed by atoms with Gasteiger partial charge in [-0.3, -0.25) is 0 Å². The van der Waals surface area contributed by atoms with E-state index >= 15 is 0 Å². The molecule has 1 aromatic rings. The molecule has 1 rings (SSSR count). The zero-order valence-corrected chi connectivity index (χ0v) is 12.0. The number of aliphatic hydroxyl groups is 1. The number of unbranched alkanes of at least 4 members (excludes halogenated alkanes) is 2. The number of hydrogen-bond donors (Lipinski definition) is 1. The van der Waals surface area contributed by atoms with Crippen LogP contribution in [0.5, 0.6) is 0 Å². The van der Waals surface area contributed by atoms with Gasteiger partial charge in [0.2, 0.25) is 0 Å². The Morgan fingerprint density at radius 1 is 1.24 bits per heavy atom. The third kappa shape index (κ3) is 4.03. The second-order valence-electron chi connectivity index (χ2n) is 4.91. The van der Waals surface area contributed by atoms with Gasteiger partial charge in [-0.15, -0.1) is 5.92 Å². The third-order valence-corrected chi connectivity index (χ3v) is 6.43. The average molecular weight is 246 g/mol. The highest BCUT2D eigenvalue weighted by Gasteiger charge is 2.31. The summed E-state index contributed by atoms with van der Waals surface area (Å²) in [4.78, 5) is 0. The van der Waals surface area contributed by atoms with E-state index < -0.39 is 13.8 Å². The third-order valence-electron chi connectivity index (χ3n) is 3.10. The van der Waals surface area contributed by atoms with Crippen LogP contribution >= 0.6 is 0 Å². The van der Waals surface area contributed by atoms with Crippen LogP contribution in [0.1, 0.15) is 26.2 Å². The molecule has 1 nitrogen and oxygen atoms in total. The van der Waals surface area contributed by atoms with E-state index in [0.717, 1.165) is 19.3 Å². The molecule has 0 heterocycles. The summed E-state index contributed by atoms with van der Waals surface area (Å²) in [5.41, 5.74) is -0.471. The van der Waals surface area contributed by atoms with Crippen LogP contribution in [0.3, 0.4) is 0 Å². The molecule has 1 unspecified atom stereocenters. The highest BCUT2D eigenvalue weighted by molar-refractivity contribution is 6.91. The number of aliphatic hydroxyl groups excluding tert-OH is 1. The predicted octanol–water partition coefficient (Wildman–Crippen LogP) is 2.70. The Kier molecular flexibility index (Phi) is 5.47. The number of hydrogen-bond acceptors (Lipinski definition) is 1. The Hall–Kier alpha value is -1.04. The first-order valence-electron chi connectivity index (χ1n) is 6.31. The molecule has 0 saturated heterocycles. The van der Waals surface area contributed by atoms with Crippen LogP contribution in [0.2, 0.25) is 13.1 Å². The van der Waals surface area contributed by atoms with Crippen molar-refractivity contribution in [3.8, 4) is 11.8 Å². The van der Waals surface area contributed by atoms with Gasteiger partial charge in [-0.2, -0.15) is 0 Å². The van der Waals surface area contributed by atoms with Crippen molar-refractivity contribution in [2.75, 3.05) is 0 Å². The Labute approximate surface area is 106 Å². The Bertz CT molecular complexity index is 386. The van der Waals surface area contributed by atoms with Crippen molar-refractivity contribution < 1.29 is 5.11 Å². The maximum Gasteiger partial charge on any atom is 0.128 e. The first-order valence-corrected chi connectivity index (χ1v) is 9.38. The van der Waals surface area contributed by atoms with Crippen molar-refractivity contribution in [2.24, 2.45) is 0 Å². The van der Waals surface area contributed by atoms with Crippen molar-refractivity contribution in [2.45, 2.75) is 45.0 Å². The van der Waals surface area contributed by atoms with Gasteiger partial charge in [0.1, 0.15) is 13.8 Å². The van der Waals surface area contributed by atoms with E-state index in [2.05, 4.69) is 44.0 Å². The highest BCUT2D eigenvalue weighted by atomic mass is 28.3. The molecule has 2 heteroatoms. The molecule has 0 saturated carbocycles. The summed E-state index contributed by atoms with van der Waals surface area (Å²) in [6.45, 7) is 6.49. The zero-order chi connectivity index (χ0) is 12.7.